The molecule has 0 saturated carbocycles. The minimum Gasteiger partial charge on any atom is -0.381 e. The van der Waals surface area contributed by atoms with Gasteiger partial charge in [-0.05, 0) is 36.6 Å². The molecule has 1 aliphatic heterocycles. The lowest BCUT2D eigenvalue weighted by molar-refractivity contribution is 0.0464. The molecule has 0 amide bonds. The van der Waals surface area contributed by atoms with Crippen molar-refractivity contribution >= 4 is 10.9 Å². The van der Waals surface area contributed by atoms with Crippen LogP contribution in [0.15, 0.2) is 42.9 Å². The van der Waals surface area contributed by atoms with Crippen molar-refractivity contribution < 1.29 is 4.74 Å². The molecule has 1 aliphatic rings. The summed E-state index contributed by atoms with van der Waals surface area (Å²) in [4.78, 5) is 9.73. The van der Waals surface area contributed by atoms with Crippen LogP contribution in [0.2, 0.25) is 0 Å². The van der Waals surface area contributed by atoms with Crippen LogP contribution in [0.3, 0.4) is 0 Å². The molecule has 1 saturated heterocycles. The van der Waals surface area contributed by atoms with Crippen LogP contribution in [-0.4, -0.2) is 43.2 Å². The van der Waals surface area contributed by atoms with Gasteiger partial charge in [-0.15, -0.1) is 0 Å². The first-order valence-electron chi connectivity index (χ1n) is 9.58. The fourth-order valence-corrected chi connectivity index (χ4v) is 4.12. The van der Waals surface area contributed by atoms with Crippen molar-refractivity contribution in [2.75, 3.05) is 13.2 Å². The number of nitrogens with zero attached hydrogens (tertiary/aromatic N) is 5. The van der Waals surface area contributed by atoms with Gasteiger partial charge in [0.15, 0.2) is 0 Å². The van der Waals surface area contributed by atoms with Crippen LogP contribution in [0.4, 0.5) is 0 Å². The number of aromatic nitrogens is 6. The van der Waals surface area contributed by atoms with Crippen molar-refractivity contribution in [2.24, 2.45) is 13.0 Å². The fourth-order valence-electron chi connectivity index (χ4n) is 4.12. The van der Waals surface area contributed by atoms with E-state index in [1.165, 1.54) is 0 Å². The van der Waals surface area contributed by atoms with Crippen LogP contribution in [0.5, 0.6) is 0 Å². The van der Waals surface area contributed by atoms with Gasteiger partial charge in [0, 0.05) is 61.4 Å². The summed E-state index contributed by atoms with van der Waals surface area (Å²) in [7, 11) is 1.97. The molecule has 0 aromatic carbocycles. The van der Waals surface area contributed by atoms with Crippen molar-refractivity contribution in [1.29, 1.82) is 0 Å². The van der Waals surface area contributed by atoms with Crippen LogP contribution in [0, 0.1) is 5.92 Å². The Bertz CT molecular complexity index is 1120. The van der Waals surface area contributed by atoms with Gasteiger partial charge in [-0.25, -0.2) is 0 Å². The zero-order chi connectivity index (χ0) is 19.1. The molecular formula is C21H22N6O. The molecule has 0 radical (unpaired) electrons. The number of fused-ring (bicyclic) bond motifs is 1. The molecule has 7 heteroatoms. The lowest BCUT2D eigenvalue weighted by atomic mass is 9.85. The van der Waals surface area contributed by atoms with Gasteiger partial charge in [0.2, 0.25) is 0 Å². The van der Waals surface area contributed by atoms with Crippen LogP contribution in [0.25, 0.3) is 33.5 Å². The zero-order valence-corrected chi connectivity index (χ0v) is 16.0. The normalized spacial score (nSPS) is 19.9. The molecule has 1 fully saturated rings. The number of ether oxygens (including phenoxy) is 1. The summed E-state index contributed by atoms with van der Waals surface area (Å²) in [6.07, 6.45) is 6.37. The van der Waals surface area contributed by atoms with E-state index < -0.39 is 0 Å². The molecule has 5 rings (SSSR count). The smallest absolute Gasteiger partial charge is 0.114 e. The van der Waals surface area contributed by atoms with E-state index in [9.17, 15) is 0 Å². The molecule has 2 atom stereocenters. The third kappa shape index (κ3) is 2.79. The Morgan fingerprint density at radius 1 is 1.18 bits per heavy atom. The van der Waals surface area contributed by atoms with Crippen molar-refractivity contribution in [2.45, 2.75) is 19.3 Å². The largest absolute Gasteiger partial charge is 0.381 e. The number of rotatable bonds is 3. The molecule has 142 valence electrons. The number of hydrogen-bond acceptors (Lipinski definition) is 5. The van der Waals surface area contributed by atoms with E-state index in [2.05, 4.69) is 33.3 Å². The van der Waals surface area contributed by atoms with Crippen molar-refractivity contribution in [3.8, 4) is 22.6 Å². The molecule has 1 N–H and O–H groups in total. The Kier molecular flexibility index (Phi) is 4.16. The first-order chi connectivity index (χ1) is 13.7. The second-order valence-corrected chi connectivity index (χ2v) is 7.41. The SMILES string of the molecule is C[C@@H]1COCCC1c1cc(-c2ccnn2C)c2ccnc(-c3ccn[nH]3)c2n1. The highest BCUT2D eigenvalue weighted by Gasteiger charge is 2.27. The molecule has 0 spiro atoms. The van der Waals surface area contributed by atoms with Gasteiger partial charge in [0.1, 0.15) is 5.69 Å². The molecule has 0 bridgehead atoms. The highest BCUT2D eigenvalue weighted by Crippen LogP contribution is 2.37. The number of aryl methyl sites for hydroxylation is 1. The molecule has 5 heterocycles. The highest BCUT2D eigenvalue weighted by atomic mass is 16.5. The maximum atomic E-state index is 5.66. The lowest BCUT2D eigenvalue weighted by Gasteiger charge is -2.29. The van der Waals surface area contributed by atoms with Crippen LogP contribution in [0.1, 0.15) is 25.0 Å². The van der Waals surface area contributed by atoms with Gasteiger partial charge in [-0.3, -0.25) is 19.7 Å². The summed E-state index contributed by atoms with van der Waals surface area (Å²) in [5.41, 5.74) is 5.86. The average Bonchev–Trinajstić information content (AvgIpc) is 3.39. The topological polar surface area (TPSA) is 81.5 Å². The molecule has 4 aromatic rings. The summed E-state index contributed by atoms with van der Waals surface area (Å²) < 4.78 is 7.56. The van der Waals surface area contributed by atoms with E-state index in [1.54, 1.807) is 6.20 Å². The molecule has 1 unspecified atom stereocenters. The van der Waals surface area contributed by atoms with Crippen molar-refractivity contribution in [3.05, 3.63) is 48.5 Å². The Morgan fingerprint density at radius 2 is 2.11 bits per heavy atom. The number of nitrogens with one attached hydrogen (secondary N) is 1. The van der Waals surface area contributed by atoms with E-state index >= 15 is 0 Å². The Hall–Kier alpha value is -3.06. The number of aromatic amines is 1. The quantitative estimate of drug-likeness (QED) is 0.593. The minimum absolute atomic E-state index is 0.361. The zero-order valence-electron chi connectivity index (χ0n) is 16.0. The first-order valence-corrected chi connectivity index (χ1v) is 9.58. The highest BCUT2D eigenvalue weighted by molar-refractivity contribution is 5.99. The Balaban J connectivity index is 1.79. The first kappa shape index (κ1) is 17.1. The molecule has 4 aromatic heterocycles. The summed E-state index contributed by atoms with van der Waals surface area (Å²) in [6.45, 7) is 3.78. The van der Waals surface area contributed by atoms with Gasteiger partial charge in [-0.2, -0.15) is 10.2 Å². The van der Waals surface area contributed by atoms with Crippen molar-refractivity contribution in [3.63, 3.8) is 0 Å². The molecular weight excluding hydrogens is 352 g/mol. The number of pyridine rings is 2. The monoisotopic (exact) mass is 374 g/mol. The molecule has 28 heavy (non-hydrogen) atoms. The predicted molar refractivity (Wildman–Crippen MR) is 107 cm³/mol. The Labute approximate surface area is 162 Å². The van der Waals surface area contributed by atoms with Gasteiger partial charge >= 0.3 is 0 Å². The minimum atomic E-state index is 0.361. The number of hydrogen-bond donors (Lipinski definition) is 1. The van der Waals surface area contributed by atoms with Crippen molar-refractivity contribution in [1.82, 2.24) is 29.9 Å². The van der Waals surface area contributed by atoms with Crippen LogP contribution >= 0.6 is 0 Å². The summed E-state index contributed by atoms with van der Waals surface area (Å²) >= 11 is 0. The Morgan fingerprint density at radius 3 is 2.86 bits per heavy atom. The third-order valence-corrected chi connectivity index (χ3v) is 5.62. The van der Waals surface area contributed by atoms with Gasteiger partial charge in [0.05, 0.1) is 16.9 Å². The second kappa shape index (κ2) is 6.83. The molecule has 7 nitrogen and oxygen atoms in total. The van der Waals surface area contributed by atoms with E-state index in [-0.39, 0.29) is 0 Å². The summed E-state index contributed by atoms with van der Waals surface area (Å²) in [6, 6.07) is 8.23. The van der Waals surface area contributed by atoms with E-state index in [0.29, 0.717) is 11.8 Å². The summed E-state index contributed by atoms with van der Waals surface area (Å²) in [5.74, 6) is 0.783. The van der Waals surface area contributed by atoms with E-state index in [4.69, 9.17) is 9.72 Å². The van der Waals surface area contributed by atoms with E-state index in [0.717, 1.165) is 58.9 Å². The maximum Gasteiger partial charge on any atom is 0.114 e. The molecule has 0 aliphatic carbocycles. The summed E-state index contributed by atoms with van der Waals surface area (Å²) in [5, 5.41) is 12.6. The number of H-pyrrole nitrogens is 1. The average molecular weight is 374 g/mol. The second-order valence-electron chi connectivity index (χ2n) is 7.41. The lowest BCUT2D eigenvalue weighted by Crippen LogP contribution is -2.24. The van der Waals surface area contributed by atoms with Crippen LogP contribution < -0.4 is 0 Å². The van der Waals surface area contributed by atoms with Crippen LogP contribution in [-0.2, 0) is 11.8 Å². The fraction of sp³-hybridized carbons (Fsp3) is 0.333. The van der Waals surface area contributed by atoms with Gasteiger partial charge < -0.3 is 4.74 Å². The van der Waals surface area contributed by atoms with E-state index in [1.807, 2.05) is 42.3 Å². The van der Waals surface area contributed by atoms with Gasteiger partial charge in [0.25, 0.3) is 0 Å². The van der Waals surface area contributed by atoms with Gasteiger partial charge in [-0.1, -0.05) is 6.92 Å². The standard InChI is InChI=1S/C21H22N6O/c1-13-12-28-10-6-14(13)18-11-16(19-5-9-24-27(19)2)15-3-7-22-21(20(15)25-18)17-4-8-23-26-17/h3-5,7-9,11,13-14H,6,10,12H2,1-2H3,(H,23,26)/t13-,14?/m1/s1. The predicted octanol–water partition coefficient (Wildman–Crippen LogP) is 3.56. The maximum absolute atomic E-state index is 5.66. The third-order valence-electron chi connectivity index (χ3n) is 5.62.